The van der Waals surface area contributed by atoms with Crippen LogP contribution in [0.2, 0.25) is 0 Å². The molecular weight excluding hydrogens is 296 g/mol. The van der Waals surface area contributed by atoms with E-state index < -0.39 is 5.60 Å². The number of amides is 1. The quantitative estimate of drug-likeness (QED) is 0.929. The maximum Gasteiger partial charge on any atom is 0.227 e. The molecule has 4 nitrogen and oxygen atoms in total. The topological polar surface area (TPSA) is 62.1 Å². The van der Waals surface area contributed by atoms with Crippen molar-refractivity contribution in [3.63, 3.8) is 0 Å². The number of hydrogen-bond acceptors (Lipinski definition) is 3. The highest BCUT2D eigenvalue weighted by Gasteiger charge is 2.21. The first kappa shape index (κ1) is 14.7. The number of nitrogens with zero attached hydrogens (tertiary/aromatic N) is 1. The van der Waals surface area contributed by atoms with Crippen LogP contribution in [0.25, 0.3) is 0 Å². The highest BCUT2D eigenvalue weighted by molar-refractivity contribution is 9.10. The van der Waals surface area contributed by atoms with Crippen LogP contribution in [-0.4, -0.2) is 18.6 Å². The first-order valence-electron chi connectivity index (χ1n) is 5.42. The second-order valence-corrected chi connectivity index (χ2v) is 5.41. The van der Waals surface area contributed by atoms with Gasteiger partial charge >= 0.3 is 0 Å². The Hall–Kier alpha value is -1.38. The molecule has 0 aromatic heterocycles. The number of nitrogens with one attached hydrogen (secondary N) is 1. The van der Waals surface area contributed by atoms with Crippen molar-refractivity contribution in [3.05, 3.63) is 28.2 Å². The van der Waals surface area contributed by atoms with Gasteiger partial charge in [-0.15, -0.1) is 0 Å². The lowest BCUT2D eigenvalue weighted by Crippen LogP contribution is -2.29. The van der Waals surface area contributed by atoms with Gasteiger partial charge in [-0.2, -0.15) is 5.26 Å². The summed E-state index contributed by atoms with van der Waals surface area (Å²) in [5.74, 6) is -0.180. The summed E-state index contributed by atoms with van der Waals surface area (Å²) in [4.78, 5) is 11.8. The van der Waals surface area contributed by atoms with Gasteiger partial charge in [-0.05, 0) is 32.0 Å². The third-order valence-electron chi connectivity index (χ3n) is 2.52. The van der Waals surface area contributed by atoms with Gasteiger partial charge in [-0.1, -0.05) is 15.9 Å². The third-order valence-corrected chi connectivity index (χ3v) is 3.01. The van der Waals surface area contributed by atoms with E-state index in [9.17, 15) is 4.79 Å². The summed E-state index contributed by atoms with van der Waals surface area (Å²) in [5.41, 5.74) is 0.414. The summed E-state index contributed by atoms with van der Waals surface area (Å²) in [5, 5.41) is 11.7. The van der Waals surface area contributed by atoms with Crippen molar-refractivity contribution in [2.45, 2.75) is 25.9 Å². The first-order valence-corrected chi connectivity index (χ1v) is 6.22. The molecule has 0 radical (unpaired) electrons. The Kier molecular flexibility index (Phi) is 4.88. The summed E-state index contributed by atoms with van der Waals surface area (Å²) in [6.07, 6.45) is 0.227. The lowest BCUT2D eigenvalue weighted by molar-refractivity contribution is -0.121. The second kappa shape index (κ2) is 5.98. The fourth-order valence-electron chi connectivity index (χ4n) is 1.37. The Labute approximate surface area is 115 Å². The molecule has 0 bridgehead atoms. The van der Waals surface area contributed by atoms with E-state index in [1.54, 1.807) is 25.3 Å². The highest BCUT2D eigenvalue weighted by Crippen LogP contribution is 2.21. The van der Waals surface area contributed by atoms with Crippen LogP contribution >= 0.6 is 15.9 Å². The van der Waals surface area contributed by atoms with E-state index in [-0.39, 0.29) is 12.3 Å². The lowest BCUT2D eigenvalue weighted by Gasteiger charge is -2.22. The number of benzene rings is 1. The minimum absolute atomic E-state index is 0.180. The fourth-order valence-corrected chi connectivity index (χ4v) is 1.73. The summed E-state index contributed by atoms with van der Waals surface area (Å²) >= 11 is 3.28. The molecule has 1 amide bonds. The molecule has 1 aromatic carbocycles. The molecule has 0 aliphatic rings. The van der Waals surface area contributed by atoms with E-state index in [4.69, 9.17) is 10.00 Å². The predicted octanol–water partition coefficient (Wildman–Crippen LogP) is 3.07. The number of rotatable bonds is 4. The minimum atomic E-state index is -0.522. The van der Waals surface area contributed by atoms with Crippen LogP contribution < -0.4 is 5.32 Å². The van der Waals surface area contributed by atoms with Gasteiger partial charge < -0.3 is 10.1 Å². The van der Waals surface area contributed by atoms with Gasteiger partial charge in [0.2, 0.25) is 5.91 Å². The monoisotopic (exact) mass is 310 g/mol. The predicted molar refractivity (Wildman–Crippen MR) is 73.2 cm³/mol. The van der Waals surface area contributed by atoms with Crippen molar-refractivity contribution in [2.24, 2.45) is 0 Å². The summed E-state index contributed by atoms with van der Waals surface area (Å²) < 4.78 is 5.99. The van der Waals surface area contributed by atoms with E-state index in [0.29, 0.717) is 11.3 Å². The molecule has 0 unspecified atom stereocenters. The standard InChI is InChI=1S/C13H15BrN2O2/c1-13(2,18-3)7-12(17)16-11-5-4-10(14)6-9(11)8-15/h4-6H,7H2,1-3H3,(H,16,17). The zero-order valence-electron chi connectivity index (χ0n) is 10.6. The Balaban J connectivity index is 2.80. The van der Waals surface area contributed by atoms with E-state index in [1.807, 2.05) is 19.9 Å². The first-order chi connectivity index (χ1) is 8.38. The number of anilines is 1. The van der Waals surface area contributed by atoms with Crippen LogP contribution in [0.1, 0.15) is 25.8 Å². The maximum absolute atomic E-state index is 11.8. The molecule has 0 spiro atoms. The third kappa shape index (κ3) is 4.13. The zero-order chi connectivity index (χ0) is 13.8. The molecule has 96 valence electrons. The van der Waals surface area contributed by atoms with E-state index in [2.05, 4.69) is 21.2 Å². The van der Waals surface area contributed by atoms with Gasteiger partial charge in [0, 0.05) is 11.6 Å². The molecule has 18 heavy (non-hydrogen) atoms. The van der Waals surface area contributed by atoms with Gasteiger partial charge in [-0.3, -0.25) is 4.79 Å². The minimum Gasteiger partial charge on any atom is -0.378 e. The number of halogens is 1. The van der Waals surface area contributed by atoms with Crippen molar-refractivity contribution in [3.8, 4) is 6.07 Å². The molecule has 0 heterocycles. The van der Waals surface area contributed by atoms with Crippen molar-refractivity contribution >= 4 is 27.5 Å². The van der Waals surface area contributed by atoms with Crippen LogP contribution in [-0.2, 0) is 9.53 Å². The molecule has 5 heteroatoms. The van der Waals surface area contributed by atoms with Gasteiger partial charge in [0.25, 0.3) is 0 Å². The Bertz CT molecular complexity index is 492. The van der Waals surface area contributed by atoms with Crippen LogP contribution in [0.5, 0.6) is 0 Å². The average molecular weight is 311 g/mol. The smallest absolute Gasteiger partial charge is 0.227 e. The molecule has 1 aromatic rings. The average Bonchev–Trinajstić information content (AvgIpc) is 2.30. The zero-order valence-corrected chi connectivity index (χ0v) is 12.2. The fraction of sp³-hybridized carbons (Fsp3) is 0.385. The molecular formula is C13H15BrN2O2. The number of ether oxygens (including phenoxy) is 1. The maximum atomic E-state index is 11.8. The molecule has 1 N–H and O–H groups in total. The van der Waals surface area contributed by atoms with Crippen LogP contribution in [0.3, 0.4) is 0 Å². The Morgan fingerprint density at radius 2 is 2.22 bits per heavy atom. The van der Waals surface area contributed by atoms with Crippen LogP contribution in [0, 0.1) is 11.3 Å². The van der Waals surface area contributed by atoms with Crippen LogP contribution in [0.15, 0.2) is 22.7 Å². The molecule has 0 aliphatic carbocycles. The molecule has 0 fully saturated rings. The number of carbonyl (C=O) groups excluding carboxylic acids is 1. The van der Waals surface area contributed by atoms with Crippen molar-refractivity contribution in [2.75, 3.05) is 12.4 Å². The van der Waals surface area contributed by atoms with E-state index in [0.717, 1.165) is 4.47 Å². The largest absolute Gasteiger partial charge is 0.378 e. The van der Waals surface area contributed by atoms with Crippen molar-refractivity contribution in [1.82, 2.24) is 0 Å². The van der Waals surface area contributed by atoms with Crippen molar-refractivity contribution < 1.29 is 9.53 Å². The van der Waals surface area contributed by atoms with E-state index in [1.165, 1.54) is 0 Å². The number of hydrogen-bond donors (Lipinski definition) is 1. The molecule has 0 saturated carbocycles. The normalized spacial score (nSPS) is 10.8. The molecule has 1 rings (SSSR count). The lowest BCUT2D eigenvalue weighted by atomic mass is 10.0. The van der Waals surface area contributed by atoms with Crippen molar-refractivity contribution in [1.29, 1.82) is 5.26 Å². The highest BCUT2D eigenvalue weighted by atomic mass is 79.9. The summed E-state index contributed by atoms with van der Waals surface area (Å²) in [6, 6.07) is 7.18. The number of methoxy groups -OCH3 is 1. The number of nitriles is 1. The van der Waals surface area contributed by atoms with Gasteiger partial charge in [-0.25, -0.2) is 0 Å². The second-order valence-electron chi connectivity index (χ2n) is 4.49. The number of carbonyl (C=O) groups is 1. The molecule has 0 aliphatic heterocycles. The van der Waals surface area contributed by atoms with Gasteiger partial charge in [0.05, 0.1) is 23.3 Å². The molecule has 0 atom stereocenters. The Morgan fingerprint density at radius 1 is 1.56 bits per heavy atom. The SMILES string of the molecule is COC(C)(C)CC(=O)Nc1ccc(Br)cc1C#N. The van der Waals surface area contributed by atoms with Gasteiger partial charge in [0.15, 0.2) is 0 Å². The van der Waals surface area contributed by atoms with E-state index >= 15 is 0 Å². The molecule has 0 saturated heterocycles. The van der Waals surface area contributed by atoms with Crippen LogP contribution in [0.4, 0.5) is 5.69 Å². The van der Waals surface area contributed by atoms with Gasteiger partial charge in [0.1, 0.15) is 6.07 Å². The summed E-state index contributed by atoms with van der Waals surface area (Å²) in [7, 11) is 1.56. The summed E-state index contributed by atoms with van der Waals surface area (Å²) in [6.45, 7) is 3.67. The Morgan fingerprint density at radius 3 is 2.78 bits per heavy atom.